The van der Waals surface area contributed by atoms with E-state index >= 15 is 0 Å². The molecule has 0 N–H and O–H groups in total. The van der Waals surface area contributed by atoms with Crippen LogP contribution in [0.4, 0.5) is 0 Å². The molecule has 1 atom stereocenters. The molecule has 2 aromatic carbocycles. The zero-order chi connectivity index (χ0) is 17.2. The van der Waals surface area contributed by atoms with Gasteiger partial charge >= 0.3 is 0 Å². The number of hydrogen-bond acceptors (Lipinski definition) is 5. The number of benzene rings is 2. The SMILES string of the molecule is O=C(COc1ccc(Cl)cc1)N1CCSC1c1ccc2c(c1)OCO2. The van der Waals surface area contributed by atoms with Crippen LogP contribution < -0.4 is 14.2 Å². The minimum Gasteiger partial charge on any atom is -0.484 e. The molecular formula is C18H16ClNO4S. The summed E-state index contributed by atoms with van der Waals surface area (Å²) in [5, 5.41) is 0.605. The molecule has 1 amide bonds. The lowest BCUT2D eigenvalue weighted by Crippen LogP contribution is -2.34. The predicted octanol–water partition coefficient (Wildman–Crippen LogP) is 3.72. The smallest absolute Gasteiger partial charge is 0.261 e. The first kappa shape index (κ1) is 16.4. The van der Waals surface area contributed by atoms with E-state index in [4.69, 9.17) is 25.8 Å². The lowest BCUT2D eigenvalue weighted by molar-refractivity contribution is -0.133. The molecule has 1 unspecified atom stereocenters. The third-order valence-electron chi connectivity index (χ3n) is 4.07. The maximum atomic E-state index is 12.6. The van der Waals surface area contributed by atoms with E-state index < -0.39 is 0 Å². The van der Waals surface area contributed by atoms with Crippen molar-refractivity contribution in [2.45, 2.75) is 5.37 Å². The number of nitrogens with zero attached hydrogens (tertiary/aromatic N) is 1. The van der Waals surface area contributed by atoms with Crippen molar-refractivity contribution in [3.05, 3.63) is 53.1 Å². The Labute approximate surface area is 154 Å². The van der Waals surface area contributed by atoms with Crippen molar-refractivity contribution in [3.63, 3.8) is 0 Å². The number of carbonyl (C=O) groups excluding carboxylic acids is 1. The van der Waals surface area contributed by atoms with Crippen LogP contribution in [0, 0.1) is 0 Å². The van der Waals surface area contributed by atoms with Gasteiger partial charge in [0, 0.05) is 17.3 Å². The number of rotatable bonds is 4. The minimum absolute atomic E-state index is 0.00322. The highest BCUT2D eigenvalue weighted by Gasteiger charge is 2.31. The van der Waals surface area contributed by atoms with E-state index in [1.807, 2.05) is 23.1 Å². The summed E-state index contributed by atoms with van der Waals surface area (Å²) in [7, 11) is 0. The summed E-state index contributed by atoms with van der Waals surface area (Å²) < 4.78 is 16.4. The fourth-order valence-electron chi connectivity index (χ4n) is 2.83. The first-order chi connectivity index (χ1) is 12.2. The predicted molar refractivity (Wildman–Crippen MR) is 96.4 cm³/mol. The average Bonchev–Trinajstić information content (AvgIpc) is 3.29. The fourth-order valence-corrected chi connectivity index (χ4v) is 4.22. The van der Waals surface area contributed by atoms with Crippen molar-refractivity contribution < 1.29 is 19.0 Å². The number of carbonyl (C=O) groups is 1. The van der Waals surface area contributed by atoms with Gasteiger partial charge in [-0.3, -0.25) is 4.79 Å². The largest absolute Gasteiger partial charge is 0.484 e. The summed E-state index contributed by atoms with van der Waals surface area (Å²) in [6.45, 7) is 0.948. The van der Waals surface area contributed by atoms with Crippen molar-refractivity contribution in [2.24, 2.45) is 0 Å². The lowest BCUT2D eigenvalue weighted by atomic mass is 10.2. The molecule has 7 heteroatoms. The Morgan fingerprint density at radius 1 is 1.20 bits per heavy atom. The summed E-state index contributed by atoms with van der Waals surface area (Å²) in [5.41, 5.74) is 1.03. The van der Waals surface area contributed by atoms with E-state index in [0.717, 1.165) is 22.8 Å². The van der Waals surface area contributed by atoms with Gasteiger partial charge in [0.15, 0.2) is 18.1 Å². The fraction of sp³-hybridized carbons (Fsp3) is 0.278. The second-order valence-electron chi connectivity index (χ2n) is 5.67. The molecule has 0 aromatic heterocycles. The molecule has 2 aliphatic rings. The number of fused-ring (bicyclic) bond motifs is 1. The number of amides is 1. The summed E-state index contributed by atoms with van der Waals surface area (Å²) in [6.07, 6.45) is 0. The molecule has 0 spiro atoms. The second-order valence-corrected chi connectivity index (χ2v) is 7.29. The highest BCUT2D eigenvalue weighted by atomic mass is 35.5. The molecule has 2 aromatic rings. The van der Waals surface area contributed by atoms with Gasteiger partial charge in [0.05, 0.1) is 0 Å². The Hall–Kier alpha value is -2.05. The highest BCUT2D eigenvalue weighted by molar-refractivity contribution is 7.99. The van der Waals surface area contributed by atoms with Crippen LogP contribution in [0.5, 0.6) is 17.2 Å². The molecule has 2 aliphatic heterocycles. The molecule has 5 nitrogen and oxygen atoms in total. The Balaban J connectivity index is 1.43. The van der Waals surface area contributed by atoms with Crippen LogP contribution in [0.3, 0.4) is 0 Å². The van der Waals surface area contributed by atoms with E-state index in [1.165, 1.54) is 0 Å². The molecule has 4 rings (SSSR count). The van der Waals surface area contributed by atoms with E-state index in [0.29, 0.717) is 17.3 Å². The maximum Gasteiger partial charge on any atom is 0.261 e. The third-order valence-corrected chi connectivity index (χ3v) is 5.58. The standard InChI is InChI=1S/C18H16ClNO4S/c19-13-2-4-14(5-3-13)22-10-17(21)20-7-8-25-18(20)12-1-6-15-16(9-12)24-11-23-15/h1-6,9,18H,7-8,10-11H2. The van der Waals surface area contributed by atoms with E-state index in [9.17, 15) is 4.79 Å². The number of thioether (sulfide) groups is 1. The van der Waals surface area contributed by atoms with Crippen LogP contribution in [0.2, 0.25) is 5.02 Å². The summed E-state index contributed by atoms with van der Waals surface area (Å²) in [5.74, 6) is 2.96. The normalized spacial score (nSPS) is 18.4. The van der Waals surface area contributed by atoms with Gasteiger partial charge in [-0.25, -0.2) is 0 Å². The Morgan fingerprint density at radius 2 is 2.00 bits per heavy atom. The maximum absolute atomic E-state index is 12.6. The van der Waals surface area contributed by atoms with Gasteiger partial charge in [0.25, 0.3) is 5.91 Å². The Bertz CT molecular complexity index is 783. The average molecular weight is 378 g/mol. The summed E-state index contributed by atoms with van der Waals surface area (Å²) in [6, 6.07) is 12.8. The molecule has 0 radical (unpaired) electrons. The summed E-state index contributed by atoms with van der Waals surface area (Å²) >= 11 is 7.59. The van der Waals surface area contributed by atoms with Gasteiger partial charge in [-0.1, -0.05) is 17.7 Å². The molecule has 2 heterocycles. The minimum atomic E-state index is -0.0392. The second kappa shape index (κ2) is 7.06. The van der Waals surface area contributed by atoms with Crippen molar-refractivity contribution in [1.29, 1.82) is 0 Å². The Kier molecular flexibility index (Phi) is 4.63. The quantitative estimate of drug-likeness (QED) is 0.812. The van der Waals surface area contributed by atoms with Gasteiger partial charge in [-0.05, 0) is 42.0 Å². The van der Waals surface area contributed by atoms with Gasteiger partial charge in [-0.15, -0.1) is 11.8 Å². The molecule has 1 saturated heterocycles. The van der Waals surface area contributed by atoms with Gasteiger partial charge < -0.3 is 19.1 Å². The van der Waals surface area contributed by atoms with Crippen LogP contribution >= 0.6 is 23.4 Å². The van der Waals surface area contributed by atoms with Crippen LogP contribution in [0.15, 0.2) is 42.5 Å². The molecule has 1 fully saturated rings. The first-order valence-electron chi connectivity index (χ1n) is 7.90. The van der Waals surface area contributed by atoms with Crippen LogP contribution in [-0.4, -0.2) is 36.5 Å². The summed E-state index contributed by atoms with van der Waals surface area (Å²) in [4.78, 5) is 14.5. The molecule has 130 valence electrons. The van der Waals surface area contributed by atoms with Crippen molar-refractivity contribution in [2.75, 3.05) is 25.7 Å². The van der Waals surface area contributed by atoms with Crippen molar-refractivity contribution in [1.82, 2.24) is 4.90 Å². The van der Waals surface area contributed by atoms with E-state index in [2.05, 4.69) is 0 Å². The molecule has 25 heavy (non-hydrogen) atoms. The molecular weight excluding hydrogens is 362 g/mol. The monoisotopic (exact) mass is 377 g/mol. The topological polar surface area (TPSA) is 48.0 Å². The molecule has 0 bridgehead atoms. The third kappa shape index (κ3) is 3.50. The van der Waals surface area contributed by atoms with E-state index in [-0.39, 0.29) is 24.7 Å². The van der Waals surface area contributed by atoms with Gasteiger partial charge in [-0.2, -0.15) is 0 Å². The highest BCUT2D eigenvalue weighted by Crippen LogP contribution is 2.42. The lowest BCUT2D eigenvalue weighted by Gasteiger charge is -2.24. The first-order valence-corrected chi connectivity index (χ1v) is 9.32. The van der Waals surface area contributed by atoms with Crippen LogP contribution in [0.25, 0.3) is 0 Å². The van der Waals surface area contributed by atoms with Crippen molar-refractivity contribution >= 4 is 29.3 Å². The number of hydrogen-bond donors (Lipinski definition) is 0. The van der Waals surface area contributed by atoms with E-state index in [1.54, 1.807) is 36.0 Å². The Morgan fingerprint density at radius 3 is 2.84 bits per heavy atom. The van der Waals surface area contributed by atoms with Crippen LogP contribution in [0.1, 0.15) is 10.9 Å². The number of ether oxygens (including phenoxy) is 3. The van der Waals surface area contributed by atoms with Gasteiger partial charge in [0.1, 0.15) is 11.1 Å². The van der Waals surface area contributed by atoms with Crippen LogP contribution in [-0.2, 0) is 4.79 Å². The van der Waals surface area contributed by atoms with Gasteiger partial charge in [0.2, 0.25) is 6.79 Å². The number of halogens is 1. The molecule has 0 saturated carbocycles. The zero-order valence-electron chi connectivity index (χ0n) is 13.3. The molecule has 0 aliphatic carbocycles. The zero-order valence-corrected chi connectivity index (χ0v) is 14.9. The van der Waals surface area contributed by atoms with Crippen molar-refractivity contribution in [3.8, 4) is 17.2 Å².